The summed E-state index contributed by atoms with van der Waals surface area (Å²) in [5.74, 6) is 0.639. The molecule has 2 amide bonds. The summed E-state index contributed by atoms with van der Waals surface area (Å²) in [5.41, 5.74) is 3.78. The zero-order valence-electron chi connectivity index (χ0n) is 18.0. The number of nitrogens with zero attached hydrogens (tertiary/aromatic N) is 3. The van der Waals surface area contributed by atoms with Crippen LogP contribution in [0.5, 0.6) is 0 Å². The van der Waals surface area contributed by atoms with Crippen molar-refractivity contribution in [3.63, 3.8) is 0 Å². The molecule has 0 atom stereocenters. The van der Waals surface area contributed by atoms with E-state index in [0.29, 0.717) is 23.8 Å². The summed E-state index contributed by atoms with van der Waals surface area (Å²) >= 11 is 0. The van der Waals surface area contributed by atoms with Gasteiger partial charge in [-0.1, -0.05) is 35.5 Å². The van der Waals surface area contributed by atoms with Gasteiger partial charge in [0.1, 0.15) is 24.4 Å². The minimum absolute atomic E-state index is 0.127. The molecule has 0 aliphatic carbocycles. The lowest BCUT2D eigenvalue weighted by Crippen LogP contribution is -2.46. The minimum Gasteiger partial charge on any atom is -0.475 e. The van der Waals surface area contributed by atoms with Crippen LogP contribution in [0, 0.1) is 0 Å². The van der Waals surface area contributed by atoms with Crippen molar-refractivity contribution in [1.82, 2.24) is 15.6 Å². The number of rotatable bonds is 6. The third-order valence-corrected chi connectivity index (χ3v) is 4.28. The molecule has 2 aromatic rings. The highest BCUT2D eigenvalue weighted by Gasteiger charge is 2.34. The molecule has 3 rings (SSSR count). The third kappa shape index (κ3) is 5.33. The molecule has 10 heteroatoms. The largest absolute Gasteiger partial charge is 0.475 e. The summed E-state index contributed by atoms with van der Waals surface area (Å²) in [6.45, 7) is 7.71. The zero-order chi connectivity index (χ0) is 22.4. The van der Waals surface area contributed by atoms with Crippen LogP contribution in [0.25, 0.3) is 11.3 Å². The molecule has 1 N–H and O–H groups in total. The number of benzene rings is 1. The van der Waals surface area contributed by atoms with Crippen LogP contribution in [0.1, 0.15) is 39.0 Å². The van der Waals surface area contributed by atoms with E-state index in [0.717, 1.165) is 10.6 Å². The first-order valence-electron chi connectivity index (χ1n) is 9.99. The van der Waals surface area contributed by atoms with Crippen molar-refractivity contribution < 1.29 is 28.3 Å². The van der Waals surface area contributed by atoms with E-state index in [2.05, 4.69) is 15.6 Å². The molecule has 2 heterocycles. The summed E-state index contributed by atoms with van der Waals surface area (Å²) in [6.07, 6.45) is -1.57. The zero-order valence-corrected chi connectivity index (χ0v) is 18.0. The third-order valence-electron chi connectivity index (χ3n) is 4.28. The fraction of sp³-hybridized carbons (Fsp3) is 0.429. The maximum Gasteiger partial charge on any atom is 0.429 e. The van der Waals surface area contributed by atoms with Gasteiger partial charge in [0.05, 0.1) is 18.8 Å². The Morgan fingerprint density at radius 1 is 1.16 bits per heavy atom. The number of carbonyl (C=O) groups excluding carboxylic acids is 2. The summed E-state index contributed by atoms with van der Waals surface area (Å²) in [6, 6.07) is 9.41. The molecular weight excluding hydrogens is 404 g/mol. The Balaban J connectivity index is 2.00. The average Bonchev–Trinajstić information content (AvgIpc) is 3.31. The van der Waals surface area contributed by atoms with Gasteiger partial charge in [-0.25, -0.2) is 25.0 Å². The fourth-order valence-corrected chi connectivity index (χ4v) is 2.93. The molecule has 166 valence electrons. The molecular formula is C21H26N4O6. The van der Waals surface area contributed by atoms with Gasteiger partial charge in [-0.05, 0) is 27.7 Å². The van der Waals surface area contributed by atoms with Gasteiger partial charge in [0.25, 0.3) is 0 Å². The van der Waals surface area contributed by atoms with Crippen LogP contribution in [0.2, 0.25) is 0 Å². The molecule has 31 heavy (non-hydrogen) atoms. The van der Waals surface area contributed by atoms with Crippen LogP contribution in [0.4, 0.5) is 9.59 Å². The van der Waals surface area contributed by atoms with Crippen LogP contribution < -0.4 is 5.43 Å². The lowest BCUT2D eigenvalue weighted by molar-refractivity contribution is 0.0674. The Hall–Kier alpha value is -3.56. The van der Waals surface area contributed by atoms with Crippen molar-refractivity contribution >= 4 is 18.1 Å². The van der Waals surface area contributed by atoms with Crippen molar-refractivity contribution in [3.8, 4) is 11.3 Å². The second-order valence-electron chi connectivity index (χ2n) is 7.33. The highest BCUT2D eigenvalue weighted by molar-refractivity contribution is 6.01. The molecule has 0 radical (unpaired) electrons. The number of amides is 2. The Bertz CT molecular complexity index is 954. The molecule has 1 aromatic heterocycles. The Kier molecular flexibility index (Phi) is 6.78. The van der Waals surface area contributed by atoms with Crippen molar-refractivity contribution in [3.05, 3.63) is 41.7 Å². The molecule has 1 aliphatic heterocycles. The number of aromatic nitrogens is 1. The molecule has 0 spiro atoms. The number of hydrogen-bond acceptors (Lipinski definition) is 8. The lowest BCUT2D eigenvalue weighted by Gasteiger charge is -2.21. The first-order valence-corrected chi connectivity index (χ1v) is 9.99. The lowest BCUT2D eigenvalue weighted by atomic mass is 10.1. The van der Waals surface area contributed by atoms with Crippen LogP contribution in [0.15, 0.2) is 39.8 Å². The van der Waals surface area contributed by atoms with E-state index in [1.807, 2.05) is 44.2 Å². The van der Waals surface area contributed by atoms with E-state index in [1.54, 1.807) is 13.8 Å². The van der Waals surface area contributed by atoms with Crippen molar-refractivity contribution in [2.45, 2.75) is 39.8 Å². The number of hydrazine groups is 1. The fourth-order valence-electron chi connectivity index (χ4n) is 2.93. The molecule has 10 nitrogen and oxygen atoms in total. The van der Waals surface area contributed by atoms with Crippen LogP contribution in [0.3, 0.4) is 0 Å². The minimum atomic E-state index is -0.796. The van der Waals surface area contributed by atoms with Crippen LogP contribution in [-0.2, 0) is 20.8 Å². The summed E-state index contributed by atoms with van der Waals surface area (Å²) in [5, 5.41) is 5.15. The first-order chi connectivity index (χ1) is 14.8. The normalized spacial score (nSPS) is 14.4. The van der Waals surface area contributed by atoms with Crippen molar-refractivity contribution in [1.29, 1.82) is 0 Å². The smallest absolute Gasteiger partial charge is 0.429 e. The molecule has 0 saturated heterocycles. The number of nitrogens with one attached hydrogen (secondary N) is 1. The SMILES string of the molecule is CCOC(=O)NN(Cc1onc(-c2ccccc2)c1C1=NC(C)(C)CO1)C(=O)OCC. The van der Waals surface area contributed by atoms with Gasteiger partial charge < -0.3 is 18.7 Å². The predicted molar refractivity (Wildman–Crippen MR) is 111 cm³/mol. The maximum absolute atomic E-state index is 12.4. The van der Waals surface area contributed by atoms with Gasteiger partial charge >= 0.3 is 12.2 Å². The molecule has 0 fully saturated rings. The van der Waals surface area contributed by atoms with Crippen LogP contribution >= 0.6 is 0 Å². The molecule has 0 saturated carbocycles. The van der Waals surface area contributed by atoms with E-state index in [4.69, 9.17) is 18.7 Å². The van der Waals surface area contributed by atoms with E-state index >= 15 is 0 Å². The van der Waals surface area contributed by atoms with E-state index < -0.39 is 17.7 Å². The topological polar surface area (TPSA) is 115 Å². The van der Waals surface area contributed by atoms with E-state index in [-0.39, 0.29) is 25.5 Å². The number of ether oxygens (including phenoxy) is 3. The first kappa shape index (κ1) is 22.1. The monoisotopic (exact) mass is 430 g/mol. The Morgan fingerprint density at radius 2 is 1.87 bits per heavy atom. The quantitative estimate of drug-likeness (QED) is 0.697. The molecule has 0 unspecified atom stereocenters. The summed E-state index contributed by atoms with van der Waals surface area (Å²) in [7, 11) is 0. The Labute approximate surface area is 180 Å². The second-order valence-corrected chi connectivity index (χ2v) is 7.33. The summed E-state index contributed by atoms with van der Waals surface area (Å²) < 4.78 is 21.3. The van der Waals surface area contributed by atoms with Gasteiger partial charge in [0.2, 0.25) is 5.90 Å². The van der Waals surface area contributed by atoms with Crippen LogP contribution in [-0.4, -0.2) is 53.6 Å². The standard InChI is InChI=1S/C21H26N4O6/c1-5-28-19(26)23-25(20(27)29-6-2)12-15-16(18-22-21(3,4)13-30-18)17(24-31-15)14-10-8-7-9-11-14/h7-11H,5-6,12-13H2,1-4H3,(H,23,26). The molecule has 1 aromatic carbocycles. The van der Waals surface area contributed by atoms with Gasteiger partial charge in [0, 0.05) is 5.56 Å². The summed E-state index contributed by atoms with van der Waals surface area (Å²) in [4.78, 5) is 29.0. The molecule has 0 bridgehead atoms. The average molecular weight is 430 g/mol. The van der Waals surface area contributed by atoms with E-state index in [9.17, 15) is 9.59 Å². The maximum atomic E-state index is 12.4. The molecule has 1 aliphatic rings. The van der Waals surface area contributed by atoms with E-state index in [1.165, 1.54) is 0 Å². The van der Waals surface area contributed by atoms with Gasteiger partial charge in [0.15, 0.2) is 5.76 Å². The van der Waals surface area contributed by atoms with Gasteiger partial charge in [-0.2, -0.15) is 0 Å². The van der Waals surface area contributed by atoms with Crippen molar-refractivity contribution in [2.75, 3.05) is 19.8 Å². The predicted octanol–water partition coefficient (Wildman–Crippen LogP) is 3.52. The van der Waals surface area contributed by atoms with Gasteiger partial charge in [-0.15, -0.1) is 0 Å². The number of hydrogen-bond donors (Lipinski definition) is 1. The Morgan fingerprint density at radius 3 is 2.48 bits per heavy atom. The van der Waals surface area contributed by atoms with Crippen molar-refractivity contribution in [2.24, 2.45) is 4.99 Å². The highest BCUT2D eigenvalue weighted by Crippen LogP contribution is 2.31. The number of carbonyl (C=O) groups is 2. The number of aliphatic imine (C=N–C) groups is 1. The highest BCUT2D eigenvalue weighted by atomic mass is 16.6. The van der Waals surface area contributed by atoms with Gasteiger partial charge in [-0.3, -0.25) is 0 Å². The second kappa shape index (κ2) is 9.50.